The largest absolute Gasteiger partial charge is 2.00 e. The summed E-state index contributed by atoms with van der Waals surface area (Å²) in [5.74, 6) is 0. The van der Waals surface area contributed by atoms with Crippen molar-refractivity contribution in [3.8, 4) is 0 Å². The van der Waals surface area contributed by atoms with Gasteiger partial charge in [-0.15, -0.1) is 0 Å². The Morgan fingerprint density at radius 3 is 0.582 bits per heavy atom. The molecule has 0 aliphatic rings. The Morgan fingerprint density at radius 1 is 0.269 bits per heavy atom. The molecule has 0 saturated heterocycles. The van der Waals surface area contributed by atoms with Crippen LogP contribution >= 0.6 is 14.7 Å². The van der Waals surface area contributed by atoms with Crippen molar-refractivity contribution in [3.05, 3.63) is 119 Å². The van der Waals surface area contributed by atoms with Crippen LogP contribution in [0.3, 0.4) is 0 Å². The van der Waals surface area contributed by atoms with Gasteiger partial charge in [0.15, 0.2) is 0 Å². The van der Waals surface area contributed by atoms with Crippen LogP contribution in [0.15, 0.2) is 97.1 Å². The van der Waals surface area contributed by atoms with Gasteiger partial charge in [-0.25, -0.2) is 0 Å². The predicted molar refractivity (Wildman–Crippen MR) is 286 cm³/mol. The average molecular weight is 998 g/mol. The van der Waals surface area contributed by atoms with Gasteiger partial charge >= 0.3 is 16.8 Å². The minimum Gasteiger partial charge on any atom is -0.793 e. The van der Waals surface area contributed by atoms with E-state index in [9.17, 15) is 18.9 Å². The molecule has 0 aliphatic heterocycles. The van der Waals surface area contributed by atoms with E-state index in [0.717, 1.165) is 25.7 Å². The van der Waals surface area contributed by atoms with E-state index in [2.05, 4.69) is 27.7 Å². The van der Waals surface area contributed by atoms with E-state index in [-0.39, 0.29) is 16.8 Å². The van der Waals surface area contributed by atoms with Gasteiger partial charge in [-0.3, -0.25) is 0 Å². The SMILES string of the molecule is CCCCCCCCCc1ccc(P(=O)([O-])c2ccc(CCCCCCCCC)cc2)cc1.CCCCCCCCCc1ccc(P(=O)([O-])c2ccc(CCCCCCCCC)cc2)cc1.[Co+2]. The fourth-order valence-electron chi connectivity index (χ4n) is 8.88. The molecule has 0 aromatic heterocycles. The summed E-state index contributed by atoms with van der Waals surface area (Å²) in [5, 5.41) is 1.69. The Kier molecular flexibility index (Phi) is 34.1. The quantitative estimate of drug-likeness (QED) is 0.0336. The van der Waals surface area contributed by atoms with Gasteiger partial charge < -0.3 is 18.9 Å². The molecule has 0 bridgehead atoms. The third kappa shape index (κ3) is 25.5. The second kappa shape index (κ2) is 37.6. The molecule has 375 valence electrons. The molecule has 4 nitrogen and oxygen atoms in total. The second-order valence-electron chi connectivity index (χ2n) is 19.3. The van der Waals surface area contributed by atoms with E-state index < -0.39 is 14.7 Å². The van der Waals surface area contributed by atoms with Crippen molar-refractivity contribution in [2.45, 2.75) is 233 Å². The van der Waals surface area contributed by atoms with Crippen molar-refractivity contribution < 1.29 is 35.7 Å². The summed E-state index contributed by atoms with van der Waals surface area (Å²) < 4.78 is 26.1. The first-order valence-electron chi connectivity index (χ1n) is 27.2. The van der Waals surface area contributed by atoms with Crippen molar-refractivity contribution in [2.24, 2.45) is 0 Å². The van der Waals surface area contributed by atoms with Crippen LogP contribution in [0.5, 0.6) is 0 Å². The van der Waals surface area contributed by atoms with Gasteiger partial charge in [-0.05, 0) is 73.6 Å². The molecule has 0 spiro atoms. The first-order valence-corrected chi connectivity index (χ1v) is 30.4. The molecule has 0 saturated carbocycles. The van der Waals surface area contributed by atoms with E-state index in [1.54, 1.807) is 48.5 Å². The van der Waals surface area contributed by atoms with Gasteiger partial charge in [0.1, 0.15) is 0 Å². The fourth-order valence-corrected chi connectivity index (χ4v) is 11.6. The monoisotopic (exact) mass is 998 g/mol. The molecule has 4 rings (SSSR count). The summed E-state index contributed by atoms with van der Waals surface area (Å²) in [6.07, 6.45) is 40.4. The number of hydrogen-bond donors (Lipinski definition) is 0. The molecular formula is C60H92CoO4P2. The Morgan fingerprint density at radius 2 is 0.418 bits per heavy atom. The summed E-state index contributed by atoms with van der Waals surface area (Å²) in [6.45, 7) is 8.99. The summed E-state index contributed by atoms with van der Waals surface area (Å²) in [7, 11) is -7.56. The van der Waals surface area contributed by atoms with Crippen LogP contribution in [-0.2, 0) is 51.6 Å². The molecule has 0 atom stereocenters. The summed E-state index contributed by atoms with van der Waals surface area (Å²) in [5.41, 5.74) is 4.93. The number of rotatable bonds is 36. The molecule has 0 N–H and O–H groups in total. The third-order valence-electron chi connectivity index (χ3n) is 13.4. The molecular weight excluding hydrogens is 906 g/mol. The third-order valence-corrected chi connectivity index (χ3v) is 17.3. The summed E-state index contributed by atoms with van der Waals surface area (Å²) >= 11 is 0. The second-order valence-corrected chi connectivity index (χ2v) is 23.5. The molecule has 7 heteroatoms. The summed E-state index contributed by atoms with van der Waals surface area (Å²) in [6, 6.07) is 30.2. The minimum atomic E-state index is -3.78. The number of benzene rings is 4. The molecule has 4 aromatic carbocycles. The minimum absolute atomic E-state index is 0. The standard InChI is InChI=1S/2C30H47O2P.Co/c2*1-3-5-7-9-11-13-15-17-27-19-23-29(24-20-27)33(31,32)30-25-21-28(22-26-30)18-16-14-12-10-8-6-4-2;/h2*19-26H,3-18H2,1-2H3,(H,31,32);/q;;+2/p-2. The maximum absolute atomic E-state index is 13.1. The van der Waals surface area contributed by atoms with E-state index in [0.29, 0.717) is 21.2 Å². The zero-order chi connectivity index (χ0) is 47.6. The molecule has 1 radical (unpaired) electrons. The van der Waals surface area contributed by atoms with Crippen molar-refractivity contribution in [3.63, 3.8) is 0 Å². The van der Waals surface area contributed by atoms with Crippen LogP contribution < -0.4 is 31.0 Å². The van der Waals surface area contributed by atoms with Crippen LogP contribution in [0.25, 0.3) is 0 Å². The Labute approximate surface area is 421 Å². The average Bonchev–Trinajstić information content (AvgIpc) is 3.33. The zero-order valence-corrected chi connectivity index (χ0v) is 45.6. The van der Waals surface area contributed by atoms with Crippen molar-refractivity contribution in [2.75, 3.05) is 0 Å². The van der Waals surface area contributed by atoms with Crippen LogP contribution in [0.4, 0.5) is 0 Å². The van der Waals surface area contributed by atoms with Crippen LogP contribution in [0.2, 0.25) is 0 Å². The van der Waals surface area contributed by atoms with Crippen molar-refractivity contribution in [1.82, 2.24) is 0 Å². The molecule has 0 fully saturated rings. The molecule has 0 heterocycles. The molecule has 0 aliphatic carbocycles. The van der Waals surface area contributed by atoms with Gasteiger partial charge in [0, 0.05) is 21.2 Å². The first kappa shape index (κ1) is 60.9. The van der Waals surface area contributed by atoms with Gasteiger partial charge in [0.05, 0.1) is 14.7 Å². The normalized spacial score (nSPS) is 11.6. The molecule has 4 aromatic rings. The Bertz CT molecular complexity index is 1610. The van der Waals surface area contributed by atoms with E-state index >= 15 is 0 Å². The zero-order valence-electron chi connectivity index (χ0n) is 42.7. The predicted octanol–water partition coefficient (Wildman–Crippen LogP) is 15.7. The maximum atomic E-state index is 13.1. The van der Waals surface area contributed by atoms with Gasteiger partial charge in [0.2, 0.25) is 0 Å². The molecule has 0 unspecified atom stereocenters. The van der Waals surface area contributed by atoms with Crippen molar-refractivity contribution in [1.29, 1.82) is 0 Å². The van der Waals surface area contributed by atoms with Crippen LogP contribution in [-0.4, -0.2) is 0 Å². The van der Waals surface area contributed by atoms with Gasteiger partial charge in [-0.2, -0.15) is 0 Å². The maximum Gasteiger partial charge on any atom is 2.00 e. The van der Waals surface area contributed by atoms with Crippen molar-refractivity contribution >= 4 is 36.0 Å². The smallest absolute Gasteiger partial charge is 0.793 e. The first-order chi connectivity index (χ1) is 32.1. The summed E-state index contributed by atoms with van der Waals surface area (Å²) in [4.78, 5) is 26.1. The van der Waals surface area contributed by atoms with Crippen LogP contribution in [0, 0.1) is 0 Å². The number of aryl methyl sites for hydroxylation is 4. The Balaban J connectivity index is 0.000000453. The van der Waals surface area contributed by atoms with E-state index in [1.807, 2.05) is 48.5 Å². The number of hydrogen-bond acceptors (Lipinski definition) is 4. The Hall–Kier alpha value is -2.23. The van der Waals surface area contributed by atoms with E-state index in [1.165, 1.54) is 202 Å². The van der Waals surface area contributed by atoms with Gasteiger partial charge in [-0.1, -0.05) is 279 Å². The van der Waals surface area contributed by atoms with E-state index in [4.69, 9.17) is 0 Å². The topological polar surface area (TPSA) is 80.3 Å². The van der Waals surface area contributed by atoms with Crippen LogP contribution in [0.1, 0.15) is 230 Å². The number of unbranched alkanes of at least 4 members (excludes halogenated alkanes) is 24. The molecule has 0 amide bonds. The van der Waals surface area contributed by atoms with Gasteiger partial charge in [0.25, 0.3) is 0 Å². The molecule has 67 heavy (non-hydrogen) atoms. The fraction of sp³-hybridized carbons (Fsp3) is 0.600.